The van der Waals surface area contributed by atoms with Crippen LogP contribution >= 0.6 is 15.9 Å². The highest BCUT2D eigenvalue weighted by Crippen LogP contribution is 2.20. The highest BCUT2D eigenvalue weighted by molar-refractivity contribution is 9.09. The van der Waals surface area contributed by atoms with Gasteiger partial charge in [0.2, 0.25) is 5.91 Å². The molecule has 1 unspecified atom stereocenters. The second-order valence-electron chi connectivity index (χ2n) is 4.49. The fraction of sp³-hybridized carbons (Fsp3) is 0.188. The lowest BCUT2D eigenvalue weighted by atomic mass is 10.1. The van der Waals surface area contributed by atoms with Gasteiger partial charge in [0.25, 0.3) is 0 Å². The van der Waals surface area contributed by atoms with E-state index in [1.165, 1.54) is 12.1 Å². The number of nitrogens with one attached hydrogen (secondary N) is 1. The van der Waals surface area contributed by atoms with E-state index >= 15 is 0 Å². The van der Waals surface area contributed by atoms with Gasteiger partial charge in [-0.25, -0.2) is 4.39 Å². The van der Waals surface area contributed by atoms with Crippen LogP contribution in [0, 0.1) is 5.82 Å². The molecule has 0 aliphatic carbocycles. The van der Waals surface area contributed by atoms with Gasteiger partial charge in [0.15, 0.2) is 0 Å². The van der Waals surface area contributed by atoms with E-state index in [0.717, 1.165) is 11.1 Å². The van der Waals surface area contributed by atoms with Gasteiger partial charge in [-0.2, -0.15) is 0 Å². The summed E-state index contributed by atoms with van der Waals surface area (Å²) >= 11 is 3.55. The van der Waals surface area contributed by atoms with Crippen LogP contribution in [0.15, 0.2) is 54.6 Å². The molecule has 2 aromatic carbocycles. The number of benzene rings is 2. The number of rotatable bonds is 5. The van der Waals surface area contributed by atoms with Crippen LogP contribution in [0.3, 0.4) is 0 Å². The molecular formula is C16H15BrFNO. The standard InChI is InChI=1S/C16H15BrFNO/c17-15(13-4-2-1-3-5-13)11-19-16(20)10-12-6-8-14(18)9-7-12/h1-9,15H,10-11H2,(H,19,20). The Hall–Kier alpha value is -1.68. The minimum atomic E-state index is -0.293. The Morgan fingerprint density at radius 1 is 1.10 bits per heavy atom. The summed E-state index contributed by atoms with van der Waals surface area (Å²) in [5.41, 5.74) is 1.92. The molecule has 1 amide bonds. The number of hydrogen-bond donors (Lipinski definition) is 1. The summed E-state index contributed by atoms with van der Waals surface area (Å²) < 4.78 is 12.8. The van der Waals surface area contributed by atoms with Crippen LogP contribution in [0.4, 0.5) is 4.39 Å². The van der Waals surface area contributed by atoms with E-state index in [-0.39, 0.29) is 23.0 Å². The largest absolute Gasteiger partial charge is 0.354 e. The van der Waals surface area contributed by atoms with Crippen molar-refractivity contribution in [2.75, 3.05) is 6.54 Å². The second-order valence-corrected chi connectivity index (χ2v) is 5.59. The van der Waals surface area contributed by atoms with Gasteiger partial charge in [-0.15, -0.1) is 0 Å². The van der Waals surface area contributed by atoms with Crippen LogP contribution in [0.1, 0.15) is 16.0 Å². The number of carbonyl (C=O) groups is 1. The average Bonchev–Trinajstić information content (AvgIpc) is 2.48. The van der Waals surface area contributed by atoms with Crippen LogP contribution in [-0.2, 0) is 11.2 Å². The highest BCUT2D eigenvalue weighted by Gasteiger charge is 2.09. The first-order valence-corrected chi connectivity index (χ1v) is 7.27. The first kappa shape index (κ1) is 14.7. The Bertz CT molecular complexity index is 556. The van der Waals surface area contributed by atoms with Crippen molar-refractivity contribution in [1.29, 1.82) is 0 Å². The van der Waals surface area contributed by atoms with Crippen molar-refractivity contribution in [3.63, 3.8) is 0 Å². The molecule has 1 N–H and O–H groups in total. The highest BCUT2D eigenvalue weighted by atomic mass is 79.9. The van der Waals surface area contributed by atoms with Crippen LogP contribution in [0.5, 0.6) is 0 Å². The molecule has 4 heteroatoms. The Morgan fingerprint density at radius 2 is 1.75 bits per heavy atom. The molecule has 0 aromatic heterocycles. The van der Waals surface area contributed by atoms with Crippen molar-refractivity contribution in [2.45, 2.75) is 11.2 Å². The second kappa shape index (κ2) is 7.20. The van der Waals surface area contributed by atoms with E-state index in [4.69, 9.17) is 0 Å². The molecule has 0 aliphatic rings. The molecule has 2 aromatic rings. The van der Waals surface area contributed by atoms with Crippen molar-refractivity contribution >= 4 is 21.8 Å². The number of halogens is 2. The van der Waals surface area contributed by atoms with Crippen molar-refractivity contribution in [1.82, 2.24) is 5.32 Å². The zero-order valence-electron chi connectivity index (χ0n) is 10.9. The van der Waals surface area contributed by atoms with Crippen LogP contribution in [0.25, 0.3) is 0 Å². The third kappa shape index (κ3) is 4.46. The summed E-state index contributed by atoms with van der Waals surface area (Å²) in [6.45, 7) is 0.518. The summed E-state index contributed by atoms with van der Waals surface area (Å²) in [5, 5.41) is 2.86. The predicted molar refractivity (Wildman–Crippen MR) is 81.2 cm³/mol. The topological polar surface area (TPSA) is 29.1 Å². The van der Waals surface area contributed by atoms with E-state index in [0.29, 0.717) is 6.54 Å². The molecule has 2 rings (SSSR count). The summed E-state index contributed by atoms with van der Waals surface area (Å²) in [4.78, 5) is 11.9. The maximum atomic E-state index is 12.8. The lowest BCUT2D eigenvalue weighted by Crippen LogP contribution is -2.28. The Kier molecular flexibility index (Phi) is 5.30. The Morgan fingerprint density at radius 3 is 2.40 bits per heavy atom. The SMILES string of the molecule is O=C(Cc1ccc(F)cc1)NCC(Br)c1ccccc1. The van der Waals surface area contributed by atoms with Crippen LogP contribution < -0.4 is 5.32 Å². The first-order valence-electron chi connectivity index (χ1n) is 6.35. The number of carbonyl (C=O) groups excluding carboxylic acids is 1. The van der Waals surface area contributed by atoms with Gasteiger partial charge in [0.1, 0.15) is 5.82 Å². The molecule has 20 heavy (non-hydrogen) atoms. The average molecular weight is 336 g/mol. The van der Waals surface area contributed by atoms with Gasteiger partial charge in [0, 0.05) is 6.54 Å². The van der Waals surface area contributed by atoms with Gasteiger partial charge in [0.05, 0.1) is 11.2 Å². The van der Waals surface area contributed by atoms with Gasteiger partial charge < -0.3 is 5.32 Å². The van der Waals surface area contributed by atoms with Crippen molar-refractivity contribution in [3.8, 4) is 0 Å². The van der Waals surface area contributed by atoms with E-state index in [9.17, 15) is 9.18 Å². The smallest absolute Gasteiger partial charge is 0.224 e. The van der Waals surface area contributed by atoms with E-state index in [1.54, 1.807) is 12.1 Å². The Labute approximate surface area is 126 Å². The molecule has 0 bridgehead atoms. The lowest BCUT2D eigenvalue weighted by molar-refractivity contribution is -0.120. The van der Waals surface area contributed by atoms with Crippen molar-refractivity contribution in [2.24, 2.45) is 0 Å². The Balaban J connectivity index is 1.82. The normalized spacial score (nSPS) is 11.9. The monoisotopic (exact) mass is 335 g/mol. The quantitative estimate of drug-likeness (QED) is 0.830. The summed E-state index contributed by atoms with van der Waals surface area (Å²) in [6.07, 6.45) is 0.259. The van der Waals surface area contributed by atoms with E-state index < -0.39 is 0 Å². The molecule has 0 radical (unpaired) electrons. The number of alkyl halides is 1. The lowest BCUT2D eigenvalue weighted by Gasteiger charge is -2.11. The van der Waals surface area contributed by atoms with Crippen LogP contribution in [0.2, 0.25) is 0 Å². The van der Waals surface area contributed by atoms with Gasteiger partial charge >= 0.3 is 0 Å². The van der Waals surface area contributed by atoms with E-state index in [2.05, 4.69) is 21.2 Å². The van der Waals surface area contributed by atoms with E-state index in [1.807, 2.05) is 30.3 Å². The number of amides is 1. The van der Waals surface area contributed by atoms with Crippen molar-refractivity contribution < 1.29 is 9.18 Å². The van der Waals surface area contributed by atoms with Crippen molar-refractivity contribution in [3.05, 3.63) is 71.5 Å². The summed E-state index contributed by atoms with van der Waals surface area (Å²) in [5.74, 6) is -0.365. The molecule has 0 fully saturated rings. The molecular weight excluding hydrogens is 321 g/mol. The molecule has 0 spiro atoms. The zero-order valence-corrected chi connectivity index (χ0v) is 12.4. The molecule has 2 nitrogen and oxygen atoms in total. The molecule has 0 heterocycles. The zero-order chi connectivity index (χ0) is 14.4. The van der Waals surface area contributed by atoms with Gasteiger partial charge in [-0.1, -0.05) is 58.4 Å². The molecule has 0 aliphatic heterocycles. The summed E-state index contributed by atoms with van der Waals surface area (Å²) in [7, 11) is 0. The molecule has 1 atom stereocenters. The third-order valence-electron chi connectivity index (χ3n) is 2.92. The molecule has 0 saturated heterocycles. The fourth-order valence-electron chi connectivity index (χ4n) is 1.83. The maximum Gasteiger partial charge on any atom is 0.224 e. The summed E-state index contributed by atoms with van der Waals surface area (Å²) in [6, 6.07) is 15.9. The molecule has 104 valence electrons. The number of hydrogen-bond acceptors (Lipinski definition) is 1. The van der Waals surface area contributed by atoms with Gasteiger partial charge in [-0.05, 0) is 23.3 Å². The minimum absolute atomic E-state index is 0.0722. The first-order chi connectivity index (χ1) is 9.65. The minimum Gasteiger partial charge on any atom is -0.354 e. The molecule has 0 saturated carbocycles. The predicted octanol–water partition coefficient (Wildman–Crippen LogP) is 3.62. The van der Waals surface area contributed by atoms with Crippen LogP contribution in [-0.4, -0.2) is 12.5 Å². The van der Waals surface area contributed by atoms with Gasteiger partial charge in [-0.3, -0.25) is 4.79 Å². The third-order valence-corrected chi connectivity index (χ3v) is 3.77. The maximum absolute atomic E-state index is 12.8. The fourth-order valence-corrected chi connectivity index (χ4v) is 2.30.